The van der Waals surface area contributed by atoms with Crippen LogP contribution in [0.25, 0.3) is 0 Å². The number of nitrogens with zero attached hydrogens (tertiary/aromatic N) is 2. The van der Waals surface area contributed by atoms with E-state index in [-0.39, 0.29) is 23.9 Å². The van der Waals surface area contributed by atoms with Crippen molar-refractivity contribution in [1.29, 1.82) is 5.41 Å². The Morgan fingerprint density at radius 3 is 2.17 bits per heavy atom. The largest absolute Gasteiger partial charge is 0.476 e. The summed E-state index contributed by atoms with van der Waals surface area (Å²) >= 11 is 0. The first-order chi connectivity index (χ1) is 11.3. The zero-order valence-corrected chi connectivity index (χ0v) is 12.4. The number of carbonyl (C=O) groups is 2. The number of anilines is 2. The van der Waals surface area contributed by atoms with Crippen LogP contribution < -0.4 is 22.5 Å². The Morgan fingerprint density at radius 2 is 1.62 bits per heavy atom. The highest BCUT2D eigenvalue weighted by Crippen LogP contribution is 2.13. The summed E-state index contributed by atoms with van der Waals surface area (Å²) in [6, 6.07) is 6.71. The third kappa shape index (κ3) is 3.55. The van der Waals surface area contributed by atoms with Gasteiger partial charge in [0.1, 0.15) is 5.84 Å². The average Bonchev–Trinajstić information content (AvgIpc) is 2.54. The molecule has 2 rings (SSSR count). The first kappa shape index (κ1) is 16.7. The van der Waals surface area contributed by atoms with Gasteiger partial charge in [0.15, 0.2) is 23.0 Å². The molecule has 1 aromatic carbocycles. The van der Waals surface area contributed by atoms with E-state index in [0.29, 0.717) is 5.56 Å². The van der Waals surface area contributed by atoms with Gasteiger partial charge in [0, 0.05) is 12.1 Å². The van der Waals surface area contributed by atoms with Gasteiger partial charge in [0.25, 0.3) is 5.91 Å². The molecule has 0 unspecified atom stereocenters. The number of nitrogens with two attached hydrogens (primary N) is 3. The van der Waals surface area contributed by atoms with Gasteiger partial charge in [-0.25, -0.2) is 14.8 Å². The van der Waals surface area contributed by atoms with E-state index in [1.165, 1.54) is 0 Å². The molecule has 9 N–H and O–H groups in total. The van der Waals surface area contributed by atoms with E-state index in [2.05, 4.69) is 15.3 Å². The SMILES string of the molecule is N=C(N)c1ccc(CNC(=O)c2nc(N)c(C(=O)O)nc2N)cc1. The standard InChI is InChI=1S/C14H15N7O3/c15-10(16)7-3-1-6(2-4-7)5-19-13(22)8-11(17)21-9(14(23)24)12(18)20-8/h1-4H,5H2,(H3,15,16)(H2,17,21)(H2,18,20)(H,19,22)(H,23,24). The summed E-state index contributed by atoms with van der Waals surface area (Å²) in [5.41, 5.74) is 16.9. The van der Waals surface area contributed by atoms with Crippen LogP contribution in [0.4, 0.5) is 11.6 Å². The lowest BCUT2D eigenvalue weighted by Crippen LogP contribution is -2.26. The molecule has 0 radical (unpaired) electrons. The maximum absolute atomic E-state index is 12.1. The summed E-state index contributed by atoms with van der Waals surface area (Å²) in [6.07, 6.45) is 0. The molecule has 1 amide bonds. The molecule has 0 spiro atoms. The van der Waals surface area contributed by atoms with E-state index >= 15 is 0 Å². The third-order valence-corrected chi connectivity index (χ3v) is 3.09. The Kier molecular flexibility index (Phi) is 4.59. The van der Waals surface area contributed by atoms with Gasteiger partial charge < -0.3 is 27.6 Å². The van der Waals surface area contributed by atoms with Crippen LogP contribution in [0.15, 0.2) is 24.3 Å². The van der Waals surface area contributed by atoms with Gasteiger partial charge in [-0.05, 0) is 5.56 Å². The van der Waals surface area contributed by atoms with E-state index in [0.717, 1.165) is 5.56 Å². The van der Waals surface area contributed by atoms with E-state index in [9.17, 15) is 9.59 Å². The number of aromatic nitrogens is 2. The van der Waals surface area contributed by atoms with Crippen molar-refractivity contribution in [3.05, 3.63) is 46.8 Å². The van der Waals surface area contributed by atoms with Crippen LogP contribution >= 0.6 is 0 Å². The lowest BCUT2D eigenvalue weighted by atomic mass is 10.1. The summed E-state index contributed by atoms with van der Waals surface area (Å²) in [6.45, 7) is 0.165. The Morgan fingerprint density at radius 1 is 1.08 bits per heavy atom. The first-order valence-corrected chi connectivity index (χ1v) is 6.67. The summed E-state index contributed by atoms with van der Waals surface area (Å²) in [7, 11) is 0. The Bertz CT molecular complexity index is 818. The zero-order chi connectivity index (χ0) is 17.9. The molecule has 0 saturated heterocycles. The van der Waals surface area contributed by atoms with Crippen LogP contribution in [-0.4, -0.2) is 32.8 Å². The molecular formula is C14H15N7O3. The quantitative estimate of drug-likeness (QED) is 0.313. The van der Waals surface area contributed by atoms with Crippen molar-refractivity contribution in [1.82, 2.24) is 15.3 Å². The monoisotopic (exact) mass is 329 g/mol. The molecule has 24 heavy (non-hydrogen) atoms. The Hall–Kier alpha value is -3.69. The Balaban J connectivity index is 2.11. The normalized spacial score (nSPS) is 10.2. The van der Waals surface area contributed by atoms with Crippen molar-refractivity contribution in [2.75, 3.05) is 11.5 Å². The third-order valence-electron chi connectivity index (χ3n) is 3.09. The molecule has 0 atom stereocenters. The minimum absolute atomic E-state index is 0.0531. The van der Waals surface area contributed by atoms with Gasteiger partial charge in [-0.3, -0.25) is 10.2 Å². The van der Waals surface area contributed by atoms with Crippen LogP contribution in [-0.2, 0) is 6.54 Å². The van der Waals surface area contributed by atoms with Gasteiger partial charge in [-0.15, -0.1) is 0 Å². The number of carbonyl (C=O) groups excluding carboxylic acids is 1. The Labute approximate surface area is 136 Å². The first-order valence-electron chi connectivity index (χ1n) is 6.67. The molecule has 124 valence electrons. The fourth-order valence-electron chi connectivity index (χ4n) is 1.85. The number of hydrogen-bond acceptors (Lipinski definition) is 7. The van der Waals surface area contributed by atoms with Crippen molar-refractivity contribution < 1.29 is 14.7 Å². The zero-order valence-electron chi connectivity index (χ0n) is 12.4. The molecule has 1 heterocycles. The molecule has 10 heteroatoms. The summed E-state index contributed by atoms with van der Waals surface area (Å²) in [5.74, 6) is -2.80. The van der Waals surface area contributed by atoms with Crippen molar-refractivity contribution in [2.45, 2.75) is 6.54 Å². The molecule has 0 saturated carbocycles. The number of nitrogens with one attached hydrogen (secondary N) is 2. The minimum Gasteiger partial charge on any atom is -0.476 e. The number of amides is 1. The molecular weight excluding hydrogens is 314 g/mol. The van der Waals surface area contributed by atoms with Crippen molar-refractivity contribution >= 4 is 29.3 Å². The van der Waals surface area contributed by atoms with Crippen LogP contribution in [0.1, 0.15) is 32.1 Å². The lowest BCUT2D eigenvalue weighted by Gasteiger charge is -2.09. The maximum atomic E-state index is 12.1. The lowest BCUT2D eigenvalue weighted by molar-refractivity contribution is 0.0690. The molecule has 0 bridgehead atoms. The predicted molar refractivity (Wildman–Crippen MR) is 86.4 cm³/mol. The highest BCUT2D eigenvalue weighted by molar-refractivity contribution is 5.99. The van der Waals surface area contributed by atoms with Gasteiger partial charge in [0.05, 0.1) is 0 Å². The minimum atomic E-state index is -1.38. The number of benzene rings is 1. The number of nitrogen functional groups attached to an aromatic ring is 3. The number of amidine groups is 1. The highest BCUT2D eigenvalue weighted by atomic mass is 16.4. The van der Waals surface area contributed by atoms with E-state index < -0.39 is 23.4 Å². The molecule has 10 nitrogen and oxygen atoms in total. The number of aromatic carboxylic acids is 1. The summed E-state index contributed by atoms with van der Waals surface area (Å²) in [4.78, 5) is 30.2. The highest BCUT2D eigenvalue weighted by Gasteiger charge is 2.19. The smallest absolute Gasteiger partial charge is 0.358 e. The topological polar surface area (TPSA) is 194 Å². The summed E-state index contributed by atoms with van der Waals surface area (Å²) in [5, 5.41) is 18.7. The van der Waals surface area contributed by atoms with Gasteiger partial charge in [-0.1, -0.05) is 24.3 Å². The van der Waals surface area contributed by atoms with Crippen molar-refractivity contribution in [2.24, 2.45) is 5.73 Å². The van der Waals surface area contributed by atoms with Crippen LogP contribution in [0.5, 0.6) is 0 Å². The fraction of sp³-hybridized carbons (Fsp3) is 0.0714. The van der Waals surface area contributed by atoms with Gasteiger partial charge in [0.2, 0.25) is 0 Å². The maximum Gasteiger partial charge on any atom is 0.358 e. The fourth-order valence-corrected chi connectivity index (χ4v) is 1.85. The summed E-state index contributed by atoms with van der Waals surface area (Å²) < 4.78 is 0. The number of hydrogen-bond donors (Lipinski definition) is 6. The van der Waals surface area contributed by atoms with Crippen LogP contribution in [0.2, 0.25) is 0 Å². The number of carboxylic acids is 1. The number of rotatable bonds is 5. The number of carboxylic acid groups (broad SMARTS) is 1. The van der Waals surface area contributed by atoms with Gasteiger partial charge >= 0.3 is 5.97 Å². The predicted octanol–water partition coefficient (Wildman–Crippen LogP) is -0.447. The molecule has 1 aromatic heterocycles. The molecule has 0 aliphatic carbocycles. The second-order valence-electron chi connectivity index (χ2n) is 4.79. The average molecular weight is 329 g/mol. The van der Waals surface area contributed by atoms with Gasteiger partial charge in [-0.2, -0.15) is 0 Å². The van der Waals surface area contributed by atoms with E-state index in [4.69, 9.17) is 27.7 Å². The van der Waals surface area contributed by atoms with Crippen LogP contribution in [0.3, 0.4) is 0 Å². The molecule has 2 aromatic rings. The van der Waals surface area contributed by atoms with E-state index in [1.807, 2.05) is 0 Å². The van der Waals surface area contributed by atoms with E-state index in [1.54, 1.807) is 24.3 Å². The molecule has 0 fully saturated rings. The second kappa shape index (κ2) is 6.60. The van der Waals surface area contributed by atoms with Crippen molar-refractivity contribution in [3.63, 3.8) is 0 Å². The van der Waals surface area contributed by atoms with Crippen LogP contribution in [0, 0.1) is 5.41 Å². The second-order valence-corrected chi connectivity index (χ2v) is 4.79. The molecule has 0 aliphatic heterocycles. The van der Waals surface area contributed by atoms with Crippen molar-refractivity contribution in [3.8, 4) is 0 Å². The molecule has 0 aliphatic rings.